The summed E-state index contributed by atoms with van der Waals surface area (Å²) in [5, 5.41) is 10.7. The molecule has 50 heavy (non-hydrogen) atoms. The van der Waals surface area contributed by atoms with E-state index in [4.69, 9.17) is 0 Å². The second kappa shape index (κ2) is 9.95. The molecule has 0 heterocycles. The summed E-state index contributed by atoms with van der Waals surface area (Å²) >= 11 is 0. The third kappa shape index (κ3) is 3.52. The van der Waals surface area contributed by atoms with Gasteiger partial charge in [-0.25, -0.2) is 0 Å². The molecule has 0 heteroatoms. The Labute approximate surface area is 293 Å². The molecule has 5 aliphatic carbocycles. The van der Waals surface area contributed by atoms with Gasteiger partial charge in [-0.15, -0.1) is 0 Å². The molecule has 0 nitrogen and oxygen atoms in total. The van der Waals surface area contributed by atoms with Gasteiger partial charge >= 0.3 is 0 Å². The molecule has 8 aromatic rings. The van der Waals surface area contributed by atoms with Crippen LogP contribution in [0.2, 0.25) is 0 Å². The summed E-state index contributed by atoms with van der Waals surface area (Å²) in [7, 11) is 0. The molecule has 0 aromatic heterocycles. The Morgan fingerprint density at radius 2 is 0.880 bits per heavy atom. The average Bonchev–Trinajstić information content (AvgIpc) is 3.43. The van der Waals surface area contributed by atoms with E-state index in [9.17, 15) is 0 Å². The minimum Gasteiger partial charge on any atom is -0.0616 e. The fourth-order valence-electron chi connectivity index (χ4n) is 12.2. The van der Waals surface area contributed by atoms with Gasteiger partial charge in [0.25, 0.3) is 0 Å². The molecule has 0 radical (unpaired) electrons. The Hall–Kier alpha value is -5.20. The highest BCUT2D eigenvalue weighted by Crippen LogP contribution is 2.70. The van der Waals surface area contributed by atoms with E-state index in [1.807, 2.05) is 0 Å². The molecule has 4 bridgehead atoms. The zero-order valence-corrected chi connectivity index (χ0v) is 28.2. The number of benzene rings is 8. The van der Waals surface area contributed by atoms with Crippen molar-refractivity contribution >= 4 is 43.1 Å². The van der Waals surface area contributed by atoms with Gasteiger partial charge in [0, 0.05) is 5.41 Å². The first kappa shape index (κ1) is 27.6. The molecule has 0 atom stereocenters. The maximum Gasteiger partial charge on any atom is 0.0272 e. The zero-order chi connectivity index (χ0) is 32.6. The molecule has 13 rings (SSSR count). The van der Waals surface area contributed by atoms with Gasteiger partial charge in [-0.3, -0.25) is 0 Å². The number of fused-ring (bicyclic) bond motifs is 7. The largest absolute Gasteiger partial charge is 0.0616 e. The van der Waals surface area contributed by atoms with E-state index >= 15 is 0 Å². The van der Waals surface area contributed by atoms with Gasteiger partial charge in [-0.1, -0.05) is 127 Å². The van der Waals surface area contributed by atoms with E-state index in [-0.39, 0.29) is 5.41 Å². The molecule has 4 saturated carbocycles. The number of rotatable bonds is 2. The second-order valence-corrected chi connectivity index (χ2v) is 16.0. The van der Waals surface area contributed by atoms with Crippen molar-refractivity contribution in [1.29, 1.82) is 0 Å². The molecule has 8 aromatic carbocycles. The quantitative estimate of drug-likeness (QED) is 0.165. The fraction of sp³-hybridized carbons (Fsp3) is 0.200. The van der Waals surface area contributed by atoms with Crippen LogP contribution in [0.25, 0.3) is 76.5 Å². The van der Waals surface area contributed by atoms with Crippen LogP contribution in [0.3, 0.4) is 0 Å². The van der Waals surface area contributed by atoms with Crippen LogP contribution in [-0.4, -0.2) is 0 Å². The van der Waals surface area contributed by atoms with Gasteiger partial charge in [-0.05, 0) is 162 Å². The molecule has 4 fully saturated rings. The van der Waals surface area contributed by atoms with Crippen LogP contribution >= 0.6 is 0 Å². The molecule has 0 amide bonds. The van der Waals surface area contributed by atoms with E-state index in [1.54, 1.807) is 11.1 Å². The Bertz CT molecular complexity index is 2640. The topological polar surface area (TPSA) is 0 Å². The lowest BCUT2D eigenvalue weighted by atomic mass is 9.43. The van der Waals surface area contributed by atoms with Crippen molar-refractivity contribution in [2.24, 2.45) is 23.7 Å². The summed E-state index contributed by atoms with van der Waals surface area (Å²) in [5.41, 5.74) is 11.8. The van der Waals surface area contributed by atoms with E-state index in [2.05, 4.69) is 146 Å². The number of hydrogen-bond donors (Lipinski definition) is 0. The standard InChI is InChI=1S/C50H38/c1-2-12-34-28-47-45(27-33(34)11-1)39-21-20-35(29-46(39)50(47)36-23-30-22-31(25-36)26-37(50)24-30)48-41-15-5-7-17-43(41)49(44-18-8-6-16-42(44)48)40-19-9-13-32-10-3-4-14-38(32)40/h1-21,27-31,36-37H,22-26H2. The molecule has 0 saturated heterocycles. The van der Waals surface area contributed by atoms with Crippen molar-refractivity contribution in [3.63, 3.8) is 0 Å². The van der Waals surface area contributed by atoms with Crippen LogP contribution < -0.4 is 0 Å². The summed E-state index contributed by atoms with van der Waals surface area (Å²) in [6.07, 6.45) is 7.06. The Morgan fingerprint density at radius 1 is 0.360 bits per heavy atom. The van der Waals surface area contributed by atoms with E-state index in [1.165, 1.54) is 109 Å². The normalized spacial score (nSPS) is 24.5. The van der Waals surface area contributed by atoms with E-state index in [0.29, 0.717) is 0 Å². The lowest BCUT2D eigenvalue weighted by Gasteiger charge is -2.61. The highest BCUT2D eigenvalue weighted by molar-refractivity contribution is 6.23. The molecular formula is C50H38. The molecule has 0 aliphatic heterocycles. The lowest BCUT2D eigenvalue weighted by Crippen LogP contribution is -2.55. The first-order valence-corrected chi connectivity index (χ1v) is 18.9. The summed E-state index contributed by atoms with van der Waals surface area (Å²) in [4.78, 5) is 0. The monoisotopic (exact) mass is 638 g/mol. The predicted molar refractivity (Wildman–Crippen MR) is 211 cm³/mol. The third-order valence-electron chi connectivity index (χ3n) is 13.8. The number of hydrogen-bond acceptors (Lipinski definition) is 0. The third-order valence-corrected chi connectivity index (χ3v) is 13.8. The van der Waals surface area contributed by atoms with Crippen LogP contribution in [0, 0.1) is 23.7 Å². The predicted octanol–water partition coefficient (Wildman–Crippen LogP) is 13.4. The van der Waals surface area contributed by atoms with Crippen LogP contribution in [0.4, 0.5) is 0 Å². The van der Waals surface area contributed by atoms with Crippen molar-refractivity contribution in [1.82, 2.24) is 0 Å². The Balaban J connectivity index is 1.16. The van der Waals surface area contributed by atoms with Gasteiger partial charge in [0.2, 0.25) is 0 Å². The SMILES string of the molecule is c1ccc2cc3c(cc2c1)-c1ccc(-c2c4ccccc4c(-c4cccc5ccccc45)c4ccccc24)cc1C31C2CC3CC(C2)CC1C3. The van der Waals surface area contributed by atoms with E-state index < -0.39 is 0 Å². The maximum absolute atomic E-state index is 2.69. The van der Waals surface area contributed by atoms with Gasteiger partial charge in [0.05, 0.1) is 0 Å². The molecule has 0 unspecified atom stereocenters. The van der Waals surface area contributed by atoms with Gasteiger partial charge in [0.1, 0.15) is 0 Å². The zero-order valence-electron chi connectivity index (χ0n) is 28.2. The molecular weight excluding hydrogens is 601 g/mol. The van der Waals surface area contributed by atoms with Crippen molar-refractivity contribution in [3.05, 3.63) is 157 Å². The van der Waals surface area contributed by atoms with E-state index in [0.717, 1.165) is 23.7 Å². The van der Waals surface area contributed by atoms with Crippen molar-refractivity contribution in [2.45, 2.75) is 37.5 Å². The highest BCUT2D eigenvalue weighted by Gasteiger charge is 2.61. The maximum atomic E-state index is 2.69. The first-order chi connectivity index (χ1) is 24.8. The Morgan fingerprint density at radius 3 is 1.54 bits per heavy atom. The van der Waals surface area contributed by atoms with Crippen LogP contribution in [0.1, 0.15) is 43.2 Å². The minimum absolute atomic E-state index is 0.118. The molecule has 5 aliphatic rings. The van der Waals surface area contributed by atoms with Crippen LogP contribution in [-0.2, 0) is 5.41 Å². The molecule has 238 valence electrons. The summed E-state index contributed by atoms with van der Waals surface area (Å²) in [6, 6.07) is 55.9. The summed E-state index contributed by atoms with van der Waals surface area (Å²) in [5.74, 6) is 3.32. The summed E-state index contributed by atoms with van der Waals surface area (Å²) < 4.78 is 0. The lowest BCUT2D eigenvalue weighted by molar-refractivity contribution is -0.0398. The first-order valence-electron chi connectivity index (χ1n) is 18.9. The minimum atomic E-state index is 0.118. The Kier molecular flexibility index (Phi) is 5.49. The molecule has 0 N–H and O–H groups in total. The molecule has 1 spiro atoms. The smallest absolute Gasteiger partial charge is 0.0272 e. The van der Waals surface area contributed by atoms with Gasteiger partial charge in [-0.2, -0.15) is 0 Å². The summed E-state index contributed by atoms with van der Waals surface area (Å²) in [6.45, 7) is 0. The second-order valence-electron chi connectivity index (χ2n) is 16.0. The van der Waals surface area contributed by atoms with Gasteiger partial charge < -0.3 is 0 Å². The highest BCUT2D eigenvalue weighted by atomic mass is 14.6. The van der Waals surface area contributed by atoms with Gasteiger partial charge in [0.15, 0.2) is 0 Å². The van der Waals surface area contributed by atoms with Crippen LogP contribution in [0.15, 0.2) is 146 Å². The average molecular weight is 639 g/mol. The van der Waals surface area contributed by atoms with Crippen molar-refractivity contribution in [2.75, 3.05) is 0 Å². The van der Waals surface area contributed by atoms with Crippen molar-refractivity contribution in [3.8, 4) is 33.4 Å². The fourth-order valence-corrected chi connectivity index (χ4v) is 12.2. The van der Waals surface area contributed by atoms with Crippen LogP contribution in [0.5, 0.6) is 0 Å². The van der Waals surface area contributed by atoms with Crippen molar-refractivity contribution < 1.29 is 0 Å².